The highest BCUT2D eigenvalue weighted by atomic mass is 32.2. The molecule has 2 N–H and O–H groups in total. The fourth-order valence-electron chi connectivity index (χ4n) is 2.75. The molecule has 2 aliphatic carbocycles. The van der Waals surface area contributed by atoms with Crippen molar-refractivity contribution in [3.8, 4) is 0 Å². The van der Waals surface area contributed by atoms with E-state index in [0.717, 1.165) is 33.5 Å². The second-order valence-corrected chi connectivity index (χ2v) is 8.83. The lowest BCUT2D eigenvalue weighted by molar-refractivity contribution is 0.932. The summed E-state index contributed by atoms with van der Waals surface area (Å²) in [6.07, 6.45) is 4.98. The van der Waals surface area contributed by atoms with Crippen LogP contribution in [0, 0.1) is 0 Å². The van der Waals surface area contributed by atoms with Crippen molar-refractivity contribution in [1.29, 1.82) is 0 Å². The second-order valence-electron chi connectivity index (χ2n) is 6.95. The molecule has 6 nitrogen and oxygen atoms in total. The van der Waals surface area contributed by atoms with Crippen LogP contribution in [0.3, 0.4) is 0 Å². The predicted molar refractivity (Wildman–Crippen MR) is 102 cm³/mol. The highest BCUT2D eigenvalue weighted by Crippen LogP contribution is 2.39. The molecular weight excluding hydrogens is 364 g/mol. The van der Waals surface area contributed by atoms with E-state index in [1.54, 1.807) is 23.5 Å². The third-order valence-corrected chi connectivity index (χ3v) is 6.49. The molecule has 8 heteroatoms. The fraction of sp³-hybridized carbons (Fsp3) is 0.444. The summed E-state index contributed by atoms with van der Waals surface area (Å²) in [5, 5.41) is 16.4. The molecule has 5 rings (SSSR count). The van der Waals surface area contributed by atoms with Crippen LogP contribution in [0.15, 0.2) is 34.6 Å². The maximum Gasteiger partial charge on any atom is 0.208 e. The monoisotopic (exact) mass is 384 g/mol. The van der Waals surface area contributed by atoms with Crippen LogP contribution in [0.2, 0.25) is 0 Å². The van der Waals surface area contributed by atoms with Gasteiger partial charge < -0.3 is 0 Å². The molecule has 3 aromatic rings. The molecule has 0 aliphatic heterocycles. The molecule has 2 saturated carbocycles. The minimum Gasteiger partial charge on any atom is -0.262 e. The van der Waals surface area contributed by atoms with Crippen molar-refractivity contribution in [1.82, 2.24) is 30.4 Å². The number of benzene rings is 1. The summed E-state index contributed by atoms with van der Waals surface area (Å²) in [6.45, 7) is 0. The maximum atomic E-state index is 4.56. The van der Waals surface area contributed by atoms with E-state index in [1.807, 2.05) is 0 Å². The Morgan fingerprint density at radius 3 is 1.54 bits per heavy atom. The Bertz CT molecular complexity index is 806. The van der Waals surface area contributed by atoms with Crippen LogP contribution in [0.25, 0.3) is 0 Å². The largest absolute Gasteiger partial charge is 0.262 e. The molecule has 2 heterocycles. The number of aromatic amines is 2. The summed E-state index contributed by atoms with van der Waals surface area (Å²) in [7, 11) is 0. The van der Waals surface area contributed by atoms with Gasteiger partial charge in [0, 0.05) is 23.3 Å². The predicted octanol–water partition coefficient (Wildman–Crippen LogP) is 4.26. The van der Waals surface area contributed by atoms with Gasteiger partial charge in [-0.2, -0.15) is 0 Å². The zero-order valence-electron chi connectivity index (χ0n) is 14.3. The van der Waals surface area contributed by atoms with Gasteiger partial charge in [-0.05, 0) is 36.8 Å². The smallest absolute Gasteiger partial charge is 0.208 e. The van der Waals surface area contributed by atoms with Crippen molar-refractivity contribution in [3.05, 3.63) is 47.0 Å². The SMILES string of the molecule is c1cc(CSc2n[nH]c(C3CC3)n2)ccc1CSc1n[nH]c(C2CC2)n1. The van der Waals surface area contributed by atoms with Crippen molar-refractivity contribution in [2.45, 2.75) is 59.3 Å². The Morgan fingerprint density at radius 1 is 0.731 bits per heavy atom. The molecule has 0 amide bonds. The molecular formula is C18H20N6S2. The van der Waals surface area contributed by atoms with Crippen LogP contribution in [0.4, 0.5) is 0 Å². The van der Waals surface area contributed by atoms with E-state index < -0.39 is 0 Å². The average Bonchev–Trinajstić information content (AvgIpc) is 3.61. The van der Waals surface area contributed by atoms with Gasteiger partial charge in [0.15, 0.2) is 0 Å². The van der Waals surface area contributed by atoms with E-state index in [9.17, 15) is 0 Å². The highest BCUT2D eigenvalue weighted by molar-refractivity contribution is 7.98. The molecule has 0 atom stereocenters. The molecule has 2 fully saturated rings. The lowest BCUT2D eigenvalue weighted by Gasteiger charge is -2.02. The molecule has 2 aliphatic rings. The van der Waals surface area contributed by atoms with Crippen LogP contribution < -0.4 is 0 Å². The van der Waals surface area contributed by atoms with Crippen LogP contribution in [0.1, 0.15) is 60.3 Å². The van der Waals surface area contributed by atoms with E-state index in [-0.39, 0.29) is 0 Å². The van der Waals surface area contributed by atoms with E-state index in [1.165, 1.54) is 36.8 Å². The van der Waals surface area contributed by atoms with Crippen LogP contribution in [-0.2, 0) is 11.5 Å². The Morgan fingerprint density at radius 2 is 1.15 bits per heavy atom. The van der Waals surface area contributed by atoms with E-state index in [0.29, 0.717) is 11.8 Å². The first-order valence-electron chi connectivity index (χ1n) is 9.01. The quantitative estimate of drug-likeness (QED) is 0.565. The zero-order valence-corrected chi connectivity index (χ0v) is 15.9. The summed E-state index contributed by atoms with van der Waals surface area (Å²) in [5.74, 6) is 5.13. The number of nitrogens with zero attached hydrogens (tertiary/aromatic N) is 4. The minimum atomic E-state index is 0.623. The third kappa shape index (κ3) is 3.96. The van der Waals surface area contributed by atoms with Crippen LogP contribution in [0.5, 0.6) is 0 Å². The van der Waals surface area contributed by atoms with Gasteiger partial charge in [-0.1, -0.05) is 47.8 Å². The van der Waals surface area contributed by atoms with Gasteiger partial charge in [-0.3, -0.25) is 10.2 Å². The van der Waals surface area contributed by atoms with Gasteiger partial charge in [0.2, 0.25) is 10.3 Å². The summed E-state index contributed by atoms with van der Waals surface area (Å²) in [4.78, 5) is 9.13. The van der Waals surface area contributed by atoms with Crippen molar-refractivity contribution < 1.29 is 0 Å². The number of rotatable bonds is 8. The highest BCUT2D eigenvalue weighted by Gasteiger charge is 2.27. The first-order chi connectivity index (χ1) is 12.8. The Labute approximate surface area is 160 Å². The number of nitrogens with one attached hydrogen (secondary N) is 2. The van der Waals surface area contributed by atoms with Gasteiger partial charge in [0.25, 0.3) is 0 Å². The van der Waals surface area contributed by atoms with Gasteiger partial charge in [-0.15, -0.1) is 10.2 Å². The topological polar surface area (TPSA) is 83.1 Å². The molecule has 0 radical (unpaired) electrons. The van der Waals surface area contributed by atoms with Crippen LogP contribution in [-0.4, -0.2) is 30.4 Å². The van der Waals surface area contributed by atoms with Gasteiger partial charge >= 0.3 is 0 Å². The number of hydrogen-bond acceptors (Lipinski definition) is 6. The zero-order chi connectivity index (χ0) is 17.3. The molecule has 0 unspecified atom stereocenters. The second kappa shape index (κ2) is 7.08. The normalized spacial score (nSPS) is 16.9. The molecule has 0 spiro atoms. The summed E-state index contributed by atoms with van der Waals surface area (Å²) in [5.41, 5.74) is 2.57. The Balaban J connectivity index is 1.12. The summed E-state index contributed by atoms with van der Waals surface area (Å²) >= 11 is 3.37. The van der Waals surface area contributed by atoms with Crippen molar-refractivity contribution in [2.75, 3.05) is 0 Å². The Kier molecular flexibility index (Phi) is 4.46. The maximum absolute atomic E-state index is 4.56. The molecule has 0 saturated heterocycles. The fourth-order valence-corrected chi connectivity index (χ4v) is 4.27. The minimum absolute atomic E-state index is 0.623. The molecule has 26 heavy (non-hydrogen) atoms. The van der Waals surface area contributed by atoms with Crippen LogP contribution >= 0.6 is 23.5 Å². The number of hydrogen-bond donors (Lipinski definition) is 2. The lowest BCUT2D eigenvalue weighted by atomic mass is 10.2. The summed E-state index contributed by atoms with van der Waals surface area (Å²) < 4.78 is 0. The van der Waals surface area contributed by atoms with Crippen molar-refractivity contribution >= 4 is 23.5 Å². The van der Waals surface area contributed by atoms with Crippen molar-refractivity contribution in [2.24, 2.45) is 0 Å². The number of thioether (sulfide) groups is 2. The van der Waals surface area contributed by atoms with E-state index in [2.05, 4.69) is 54.6 Å². The number of aromatic nitrogens is 6. The molecule has 2 aromatic heterocycles. The first-order valence-corrected chi connectivity index (χ1v) is 11.0. The standard InChI is InChI=1S/C18H20N6S2/c1-2-12(10-26-18-20-16(22-24-18)14-7-8-14)4-3-11(1)9-25-17-19-15(21-23-17)13-5-6-13/h1-4,13-14H,5-10H2,(H,19,21,23)(H,20,22,24). The third-order valence-electron chi connectivity index (χ3n) is 4.65. The Hall–Kier alpha value is -1.80. The van der Waals surface area contributed by atoms with Gasteiger partial charge in [-0.25, -0.2) is 9.97 Å². The van der Waals surface area contributed by atoms with Crippen molar-refractivity contribution in [3.63, 3.8) is 0 Å². The summed E-state index contributed by atoms with van der Waals surface area (Å²) in [6, 6.07) is 8.74. The molecule has 0 bridgehead atoms. The first kappa shape index (κ1) is 16.4. The van der Waals surface area contributed by atoms with E-state index in [4.69, 9.17) is 0 Å². The lowest BCUT2D eigenvalue weighted by Crippen LogP contribution is -1.86. The molecule has 1 aromatic carbocycles. The van der Waals surface area contributed by atoms with E-state index >= 15 is 0 Å². The van der Waals surface area contributed by atoms with Gasteiger partial charge in [0.05, 0.1) is 0 Å². The molecule has 134 valence electrons. The van der Waals surface area contributed by atoms with Gasteiger partial charge in [0.1, 0.15) is 11.6 Å². The average molecular weight is 385 g/mol. The number of H-pyrrole nitrogens is 2.